The maximum absolute atomic E-state index is 12.5. The van der Waals surface area contributed by atoms with Crippen molar-refractivity contribution >= 4 is 11.8 Å². The van der Waals surface area contributed by atoms with Gasteiger partial charge in [-0.05, 0) is 29.7 Å². The third-order valence-electron chi connectivity index (χ3n) is 4.22. The molecule has 2 aromatic rings. The lowest BCUT2D eigenvalue weighted by molar-refractivity contribution is -0.164. The van der Waals surface area contributed by atoms with Crippen LogP contribution in [0, 0.1) is 0 Å². The number of carbonyl (C=O) groups excluding carboxylic acids is 2. The minimum Gasteiger partial charge on any atom is -0.504 e. The molecule has 0 saturated heterocycles. The number of alkyl halides is 3. The van der Waals surface area contributed by atoms with E-state index in [1.807, 2.05) is 0 Å². The van der Waals surface area contributed by atoms with Gasteiger partial charge >= 0.3 is 12.1 Å². The van der Waals surface area contributed by atoms with Crippen LogP contribution in [0.2, 0.25) is 0 Å². The Morgan fingerprint density at radius 1 is 1.07 bits per heavy atom. The molecule has 1 aliphatic rings. The topological polar surface area (TPSA) is 72.8 Å². The quantitative estimate of drug-likeness (QED) is 0.640. The van der Waals surface area contributed by atoms with Crippen LogP contribution in [0.25, 0.3) is 11.1 Å². The first kappa shape index (κ1) is 18.8. The van der Waals surface area contributed by atoms with Gasteiger partial charge in [-0.3, -0.25) is 9.59 Å². The van der Waals surface area contributed by atoms with E-state index in [2.05, 4.69) is 0 Å². The van der Waals surface area contributed by atoms with Crippen LogP contribution >= 0.6 is 0 Å². The van der Waals surface area contributed by atoms with Gasteiger partial charge in [0.1, 0.15) is 6.42 Å². The van der Waals surface area contributed by atoms with Crippen molar-refractivity contribution in [3.8, 4) is 28.4 Å². The molecule has 0 aliphatic heterocycles. The maximum Gasteiger partial charge on any atom is 0.399 e. The fourth-order valence-electron chi connectivity index (χ4n) is 3.12. The normalized spacial score (nSPS) is 13.4. The number of phenols is 1. The van der Waals surface area contributed by atoms with Crippen molar-refractivity contribution in [2.24, 2.45) is 0 Å². The summed E-state index contributed by atoms with van der Waals surface area (Å²) in [5, 5.41) is 9.95. The molecule has 0 aromatic heterocycles. The number of esters is 1. The number of aromatic hydroxyl groups is 1. The van der Waals surface area contributed by atoms with Crippen molar-refractivity contribution in [3.05, 3.63) is 41.5 Å². The minimum absolute atomic E-state index is 0.0341. The van der Waals surface area contributed by atoms with Crippen molar-refractivity contribution in [1.29, 1.82) is 0 Å². The van der Waals surface area contributed by atoms with Gasteiger partial charge in [0.05, 0.1) is 7.11 Å². The Balaban J connectivity index is 2.12. The molecule has 1 aliphatic carbocycles. The van der Waals surface area contributed by atoms with Gasteiger partial charge in [-0.2, -0.15) is 13.2 Å². The molecule has 142 valence electrons. The second-order valence-corrected chi connectivity index (χ2v) is 6.02. The number of Topliss-reactive ketones (excluding diaryl/α,β-unsaturated/α-hetero) is 1. The first-order valence-corrected chi connectivity index (χ1v) is 8.04. The molecule has 0 spiro atoms. The zero-order valence-corrected chi connectivity index (χ0v) is 14.2. The molecule has 0 bridgehead atoms. The van der Waals surface area contributed by atoms with E-state index in [0.29, 0.717) is 29.5 Å². The van der Waals surface area contributed by atoms with Crippen LogP contribution in [0.5, 0.6) is 17.2 Å². The second kappa shape index (κ2) is 6.94. The van der Waals surface area contributed by atoms with Crippen LogP contribution in [0.1, 0.15) is 28.8 Å². The number of benzene rings is 2. The highest BCUT2D eigenvalue weighted by Crippen LogP contribution is 2.46. The number of hydrogen-bond acceptors (Lipinski definition) is 5. The van der Waals surface area contributed by atoms with Crippen LogP contribution < -0.4 is 9.47 Å². The Hall–Kier alpha value is -3.03. The maximum atomic E-state index is 12.5. The van der Waals surface area contributed by atoms with Crippen LogP contribution in [0.15, 0.2) is 30.3 Å². The third kappa shape index (κ3) is 3.74. The summed E-state index contributed by atoms with van der Waals surface area (Å²) in [6, 6.07) is 7.67. The molecule has 0 unspecified atom stereocenters. The lowest BCUT2D eigenvalue weighted by Gasteiger charge is -2.17. The highest BCUT2D eigenvalue weighted by molar-refractivity contribution is 6.03. The average molecular weight is 380 g/mol. The van der Waals surface area contributed by atoms with Gasteiger partial charge in [0.25, 0.3) is 0 Å². The van der Waals surface area contributed by atoms with Gasteiger partial charge in [0, 0.05) is 17.5 Å². The number of halogens is 3. The van der Waals surface area contributed by atoms with Gasteiger partial charge in [0.2, 0.25) is 5.75 Å². The second-order valence-electron chi connectivity index (χ2n) is 6.02. The molecular weight excluding hydrogens is 365 g/mol. The summed E-state index contributed by atoms with van der Waals surface area (Å²) in [5.41, 5.74) is 2.02. The summed E-state index contributed by atoms with van der Waals surface area (Å²) < 4.78 is 47.5. The summed E-state index contributed by atoms with van der Waals surface area (Å²) in [7, 11) is 1.19. The van der Waals surface area contributed by atoms with Crippen LogP contribution in [0.3, 0.4) is 0 Å². The van der Waals surface area contributed by atoms with Crippen molar-refractivity contribution in [3.63, 3.8) is 0 Å². The molecule has 5 nitrogen and oxygen atoms in total. The summed E-state index contributed by atoms with van der Waals surface area (Å²) in [6.07, 6.45) is -5.73. The van der Waals surface area contributed by atoms with E-state index >= 15 is 0 Å². The first-order chi connectivity index (χ1) is 12.7. The van der Waals surface area contributed by atoms with Crippen molar-refractivity contribution in [2.75, 3.05) is 7.11 Å². The lowest BCUT2D eigenvalue weighted by Crippen LogP contribution is -2.19. The van der Waals surface area contributed by atoms with Gasteiger partial charge in [0.15, 0.2) is 17.3 Å². The molecule has 27 heavy (non-hydrogen) atoms. The molecule has 0 amide bonds. The van der Waals surface area contributed by atoms with E-state index in [1.54, 1.807) is 18.2 Å². The number of methoxy groups -OCH3 is 1. The molecular formula is C19H15F3O5. The van der Waals surface area contributed by atoms with E-state index in [1.165, 1.54) is 19.2 Å². The Kier molecular flexibility index (Phi) is 4.82. The standard InChI is InChI=1S/C19H15F3O5/c1-26-18-15(24)8-6-13(17(18)27-16(25)9-19(20,21)22)10-3-2-4-12-11(10)5-7-14(12)23/h2-4,6,8,24H,5,7,9H2,1H3. The number of ketones is 1. The highest BCUT2D eigenvalue weighted by atomic mass is 19.4. The smallest absolute Gasteiger partial charge is 0.399 e. The molecule has 1 N–H and O–H groups in total. The Morgan fingerprint density at radius 3 is 2.44 bits per heavy atom. The van der Waals surface area contributed by atoms with Crippen molar-refractivity contribution in [1.82, 2.24) is 0 Å². The fraction of sp³-hybridized carbons (Fsp3) is 0.263. The number of carbonyl (C=O) groups is 2. The first-order valence-electron chi connectivity index (χ1n) is 8.04. The predicted octanol–water partition coefficient (Wildman–Crippen LogP) is 4.05. The average Bonchev–Trinajstić information content (AvgIpc) is 2.95. The summed E-state index contributed by atoms with van der Waals surface area (Å²) in [4.78, 5) is 23.7. The van der Waals surface area contributed by atoms with E-state index in [-0.39, 0.29) is 28.6 Å². The van der Waals surface area contributed by atoms with Gasteiger partial charge in [-0.25, -0.2) is 0 Å². The van der Waals surface area contributed by atoms with E-state index in [0.717, 1.165) is 0 Å². The number of fused-ring (bicyclic) bond motifs is 1. The van der Waals surface area contributed by atoms with E-state index < -0.39 is 18.6 Å². The van der Waals surface area contributed by atoms with Gasteiger partial charge in [-0.1, -0.05) is 18.2 Å². The molecule has 0 radical (unpaired) electrons. The number of hydrogen-bond donors (Lipinski definition) is 1. The van der Waals surface area contributed by atoms with Crippen molar-refractivity contribution in [2.45, 2.75) is 25.4 Å². The van der Waals surface area contributed by atoms with Crippen LogP contribution in [-0.4, -0.2) is 30.1 Å². The monoisotopic (exact) mass is 380 g/mol. The minimum atomic E-state index is -4.73. The molecule has 0 heterocycles. The molecule has 8 heteroatoms. The largest absolute Gasteiger partial charge is 0.504 e. The molecule has 0 atom stereocenters. The molecule has 0 fully saturated rings. The predicted molar refractivity (Wildman–Crippen MR) is 89.1 cm³/mol. The van der Waals surface area contributed by atoms with Crippen molar-refractivity contribution < 1.29 is 37.3 Å². The zero-order chi connectivity index (χ0) is 19.8. The van der Waals surface area contributed by atoms with Crippen LogP contribution in [-0.2, 0) is 11.2 Å². The van der Waals surface area contributed by atoms with Gasteiger partial charge < -0.3 is 14.6 Å². The number of phenolic OH excluding ortho intramolecular Hbond substituents is 1. The summed E-state index contributed by atoms with van der Waals surface area (Å²) >= 11 is 0. The van der Waals surface area contributed by atoms with Gasteiger partial charge in [-0.15, -0.1) is 0 Å². The zero-order valence-electron chi connectivity index (χ0n) is 14.2. The SMILES string of the molecule is COc1c(O)ccc(-c2cccc3c2CCC3=O)c1OC(=O)CC(F)(F)F. The molecule has 0 saturated carbocycles. The summed E-state index contributed by atoms with van der Waals surface area (Å²) in [5.74, 6) is -2.53. The van der Waals surface area contributed by atoms with Crippen LogP contribution in [0.4, 0.5) is 13.2 Å². The number of ether oxygens (including phenoxy) is 2. The highest BCUT2D eigenvalue weighted by Gasteiger charge is 2.34. The number of rotatable bonds is 4. The third-order valence-corrected chi connectivity index (χ3v) is 4.22. The Labute approximate surface area is 152 Å². The Morgan fingerprint density at radius 2 is 1.78 bits per heavy atom. The van der Waals surface area contributed by atoms with E-state index in [4.69, 9.17) is 9.47 Å². The fourth-order valence-corrected chi connectivity index (χ4v) is 3.12. The Bertz CT molecular complexity index is 918. The summed E-state index contributed by atoms with van der Waals surface area (Å²) in [6.45, 7) is 0. The molecule has 2 aromatic carbocycles. The van der Waals surface area contributed by atoms with E-state index in [9.17, 15) is 27.9 Å². The lowest BCUT2D eigenvalue weighted by atomic mass is 9.95. The molecule has 3 rings (SSSR count).